The first kappa shape index (κ1) is 16.3. The van der Waals surface area contributed by atoms with Crippen LogP contribution in [0.15, 0.2) is 24.3 Å². The average Bonchev–Trinajstić information content (AvgIpc) is 2.47. The number of benzene rings is 1. The Morgan fingerprint density at radius 1 is 1.19 bits per heavy atom. The zero-order valence-electron chi connectivity index (χ0n) is 13.5. The molecule has 0 amide bonds. The highest BCUT2D eigenvalue weighted by Crippen LogP contribution is 2.23. The second-order valence-electron chi connectivity index (χ2n) is 6.10. The summed E-state index contributed by atoms with van der Waals surface area (Å²) < 4.78 is 5.45. The summed E-state index contributed by atoms with van der Waals surface area (Å²) in [6, 6.07) is 9.00. The van der Waals surface area contributed by atoms with Gasteiger partial charge in [-0.1, -0.05) is 18.2 Å². The molecule has 4 heteroatoms. The van der Waals surface area contributed by atoms with Crippen LogP contribution < -0.4 is 4.90 Å². The molecule has 1 aliphatic heterocycles. The fourth-order valence-corrected chi connectivity index (χ4v) is 2.77. The van der Waals surface area contributed by atoms with Crippen molar-refractivity contribution in [2.45, 2.75) is 39.5 Å². The molecule has 0 radical (unpaired) electrons. The Labute approximate surface area is 128 Å². The minimum atomic E-state index is -0.303. The van der Waals surface area contributed by atoms with Crippen molar-refractivity contribution in [2.75, 3.05) is 37.7 Å². The third-order valence-electron chi connectivity index (χ3n) is 3.95. The fourth-order valence-electron chi connectivity index (χ4n) is 2.77. The maximum atomic E-state index is 9.70. The maximum Gasteiger partial charge on any atom is 0.0642 e. The van der Waals surface area contributed by atoms with E-state index in [1.807, 2.05) is 6.92 Å². The van der Waals surface area contributed by atoms with Crippen LogP contribution in [0.1, 0.15) is 26.3 Å². The van der Waals surface area contributed by atoms with Crippen molar-refractivity contribution >= 4 is 5.69 Å². The van der Waals surface area contributed by atoms with Crippen molar-refractivity contribution in [1.29, 1.82) is 0 Å². The molecule has 0 saturated carbocycles. The van der Waals surface area contributed by atoms with E-state index in [1.165, 1.54) is 11.3 Å². The third kappa shape index (κ3) is 4.70. The van der Waals surface area contributed by atoms with Crippen LogP contribution in [0.3, 0.4) is 0 Å². The highest BCUT2D eigenvalue weighted by atomic mass is 16.5. The lowest BCUT2D eigenvalue weighted by Crippen LogP contribution is -2.39. The number of rotatable bonds is 6. The Morgan fingerprint density at radius 3 is 2.48 bits per heavy atom. The molecular formula is C17H28N2O2. The molecule has 1 atom stereocenters. The van der Waals surface area contributed by atoms with Gasteiger partial charge >= 0.3 is 0 Å². The predicted octanol–water partition coefficient (Wildman–Crippen LogP) is 2.11. The normalized spacial score (nSPS) is 17.5. The summed E-state index contributed by atoms with van der Waals surface area (Å²) in [5.74, 6) is 0. The quantitative estimate of drug-likeness (QED) is 0.871. The van der Waals surface area contributed by atoms with E-state index < -0.39 is 0 Å². The summed E-state index contributed by atoms with van der Waals surface area (Å²) in [7, 11) is 0. The number of morpholine rings is 1. The zero-order valence-corrected chi connectivity index (χ0v) is 13.5. The third-order valence-corrected chi connectivity index (χ3v) is 3.95. The maximum absolute atomic E-state index is 9.70. The van der Waals surface area contributed by atoms with E-state index in [9.17, 15) is 5.11 Å². The van der Waals surface area contributed by atoms with Crippen molar-refractivity contribution < 1.29 is 9.84 Å². The van der Waals surface area contributed by atoms with E-state index in [4.69, 9.17) is 4.74 Å². The van der Waals surface area contributed by atoms with E-state index in [2.05, 4.69) is 47.9 Å². The molecule has 0 aromatic heterocycles. The Kier molecular flexibility index (Phi) is 6.03. The molecule has 1 unspecified atom stereocenters. The predicted molar refractivity (Wildman–Crippen MR) is 86.7 cm³/mol. The standard InChI is InChI=1S/C17H28N2O2/c1-14(2)19(12-15(3)20)13-16-6-4-5-7-17(16)18-8-10-21-11-9-18/h4-7,14-15,20H,8-13H2,1-3H3. The number of hydrogen-bond donors (Lipinski definition) is 1. The number of nitrogens with zero attached hydrogens (tertiary/aromatic N) is 2. The van der Waals surface area contributed by atoms with Gasteiger partial charge in [-0.15, -0.1) is 0 Å². The van der Waals surface area contributed by atoms with Crippen LogP contribution in [0.5, 0.6) is 0 Å². The first-order valence-corrected chi connectivity index (χ1v) is 7.90. The van der Waals surface area contributed by atoms with Gasteiger partial charge in [0.25, 0.3) is 0 Å². The van der Waals surface area contributed by atoms with Gasteiger partial charge in [-0.05, 0) is 32.4 Å². The van der Waals surface area contributed by atoms with Gasteiger partial charge in [-0.3, -0.25) is 4.90 Å². The van der Waals surface area contributed by atoms with Crippen LogP contribution in [0.4, 0.5) is 5.69 Å². The molecular weight excluding hydrogens is 264 g/mol. The average molecular weight is 292 g/mol. The number of aliphatic hydroxyl groups excluding tert-OH is 1. The van der Waals surface area contributed by atoms with Gasteiger partial charge in [0, 0.05) is 37.9 Å². The second kappa shape index (κ2) is 7.78. The summed E-state index contributed by atoms with van der Waals surface area (Å²) in [4.78, 5) is 4.73. The highest BCUT2D eigenvalue weighted by molar-refractivity contribution is 5.53. The molecule has 1 fully saturated rings. The summed E-state index contributed by atoms with van der Waals surface area (Å²) in [5.41, 5.74) is 2.63. The molecule has 21 heavy (non-hydrogen) atoms. The van der Waals surface area contributed by atoms with Gasteiger partial charge in [0.15, 0.2) is 0 Å². The number of hydrogen-bond acceptors (Lipinski definition) is 4. The van der Waals surface area contributed by atoms with Crippen molar-refractivity contribution in [3.8, 4) is 0 Å². The molecule has 1 aliphatic rings. The molecule has 1 saturated heterocycles. The molecule has 1 aromatic rings. The van der Waals surface area contributed by atoms with E-state index in [-0.39, 0.29) is 6.10 Å². The summed E-state index contributed by atoms with van der Waals surface area (Å²) in [6.07, 6.45) is -0.303. The summed E-state index contributed by atoms with van der Waals surface area (Å²) in [5, 5.41) is 9.70. The van der Waals surface area contributed by atoms with E-state index in [1.54, 1.807) is 0 Å². The number of aliphatic hydroxyl groups is 1. The van der Waals surface area contributed by atoms with Crippen molar-refractivity contribution in [1.82, 2.24) is 4.90 Å². The number of ether oxygens (including phenoxy) is 1. The Morgan fingerprint density at radius 2 is 1.86 bits per heavy atom. The minimum absolute atomic E-state index is 0.303. The van der Waals surface area contributed by atoms with Crippen LogP contribution >= 0.6 is 0 Å². The van der Waals surface area contributed by atoms with Crippen LogP contribution in [-0.4, -0.2) is 55.0 Å². The minimum Gasteiger partial charge on any atom is -0.392 e. The second-order valence-corrected chi connectivity index (χ2v) is 6.10. The molecule has 4 nitrogen and oxygen atoms in total. The first-order valence-electron chi connectivity index (χ1n) is 7.90. The van der Waals surface area contributed by atoms with Crippen LogP contribution in [-0.2, 0) is 11.3 Å². The number of para-hydroxylation sites is 1. The van der Waals surface area contributed by atoms with Gasteiger partial charge < -0.3 is 14.7 Å². The van der Waals surface area contributed by atoms with Gasteiger partial charge in [0.05, 0.1) is 19.3 Å². The molecule has 0 bridgehead atoms. The monoisotopic (exact) mass is 292 g/mol. The Balaban J connectivity index is 2.14. The molecule has 2 rings (SSSR count). The topological polar surface area (TPSA) is 35.9 Å². The molecule has 1 heterocycles. The van der Waals surface area contributed by atoms with Crippen LogP contribution in [0.25, 0.3) is 0 Å². The van der Waals surface area contributed by atoms with E-state index in [0.717, 1.165) is 32.8 Å². The number of anilines is 1. The van der Waals surface area contributed by atoms with Crippen LogP contribution in [0, 0.1) is 0 Å². The van der Waals surface area contributed by atoms with Crippen molar-refractivity contribution in [3.05, 3.63) is 29.8 Å². The lowest BCUT2D eigenvalue weighted by atomic mass is 10.1. The lowest BCUT2D eigenvalue weighted by Gasteiger charge is -2.33. The van der Waals surface area contributed by atoms with Crippen LogP contribution in [0.2, 0.25) is 0 Å². The molecule has 1 aromatic carbocycles. The molecule has 0 spiro atoms. The Hall–Kier alpha value is -1.10. The first-order chi connectivity index (χ1) is 10.1. The highest BCUT2D eigenvalue weighted by Gasteiger charge is 2.18. The van der Waals surface area contributed by atoms with Gasteiger partial charge in [0.2, 0.25) is 0 Å². The van der Waals surface area contributed by atoms with Gasteiger partial charge in [-0.25, -0.2) is 0 Å². The van der Waals surface area contributed by atoms with Crippen molar-refractivity contribution in [3.63, 3.8) is 0 Å². The molecule has 1 N–H and O–H groups in total. The molecule has 0 aliphatic carbocycles. The summed E-state index contributed by atoms with van der Waals surface area (Å²) in [6.45, 7) is 11.3. The Bertz CT molecular complexity index is 429. The van der Waals surface area contributed by atoms with E-state index in [0.29, 0.717) is 12.6 Å². The SMILES string of the molecule is CC(O)CN(Cc1ccccc1N1CCOCC1)C(C)C. The largest absolute Gasteiger partial charge is 0.392 e. The zero-order chi connectivity index (χ0) is 15.2. The molecule has 118 valence electrons. The van der Waals surface area contributed by atoms with E-state index >= 15 is 0 Å². The van der Waals surface area contributed by atoms with Crippen molar-refractivity contribution in [2.24, 2.45) is 0 Å². The van der Waals surface area contributed by atoms with Gasteiger partial charge in [-0.2, -0.15) is 0 Å². The summed E-state index contributed by atoms with van der Waals surface area (Å²) >= 11 is 0. The fraction of sp³-hybridized carbons (Fsp3) is 0.647. The lowest BCUT2D eigenvalue weighted by molar-refractivity contribution is 0.102. The smallest absolute Gasteiger partial charge is 0.0642 e. The van der Waals surface area contributed by atoms with Gasteiger partial charge in [0.1, 0.15) is 0 Å².